The van der Waals surface area contributed by atoms with Crippen molar-refractivity contribution < 1.29 is 5.11 Å². The van der Waals surface area contributed by atoms with Crippen LogP contribution in [0.2, 0.25) is 0 Å². The first-order valence-electron chi connectivity index (χ1n) is 7.16. The van der Waals surface area contributed by atoms with Gasteiger partial charge in [0.25, 0.3) is 0 Å². The molecule has 0 amide bonds. The Kier molecular flexibility index (Phi) is 1.57. The lowest BCUT2D eigenvalue weighted by molar-refractivity contribution is 0.0302. The monoisotopic (exact) mass is 220 g/mol. The lowest BCUT2D eigenvalue weighted by Crippen LogP contribution is -2.38. The largest absolute Gasteiger partial charge is 0.396 e. The van der Waals surface area contributed by atoms with Crippen molar-refractivity contribution in [3.63, 3.8) is 0 Å². The average Bonchev–Trinajstić information content (AvgIpc) is 2.58. The number of rotatable bonds is 2. The predicted molar refractivity (Wildman–Crippen MR) is 63.8 cm³/mol. The van der Waals surface area contributed by atoms with Gasteiger partial charge >= 0.3 is 0 Å². The Morgan fingerprint density at radius 3 is 2.69 bits per heavy atom. The minimum absolute atomic E-state index is 0.401. The second-order valence-electron chi connectivity index (χ2n) is 7.61. The highest BCUT2D eigenvalue weighted by Gasteiger charge is 2.86. The fraction of sp³-hybridized carbons (Fsp3) is 1.00. The van der Waals surface area contributed by atoms with E-state index >= 15 is 0 Å². The van der Waals surface area contributed by atoms with E-state index in [0.717, 1.165) is 29.6 Å². The summed E-state index contributed by atoms with van der Waals surface area (Å²) in [7, 11) is 0. The highest BCUT2D eigenvalue weighted by molar-refractivity contribution is 5.33. The normalized spacial score (nSPS) is 67.1. The summed E-state index contributed by atoms with van der Waals surface area (Å²) in [6.07, 6.45) is 4.35. The summed E-state index contributed by atoms with van der Waals surface area (Å²) in [6, 6.07) is 0. The summed E-state index contributed by atoms with van der Waals surface area (Å²) in [5, 5.41) is 9.44. The van der Waals surface area contributed by atoms with Gasteiger partial charge in [-0.2, -0.15) is 0 Å². The number of aliphatic hydroxyl groups excluding tert-OH is 1. The molecule has 0 unspecified atom stereocenters. The van der Waals surface area contributed by atoms with E-state index in [-0.39, 0.29) is 0 Å². The van der Waals surface area contributed by atoms with Crippen LogP contribution >= 0.6 is 0 Å². The zero-order valence-electron chi connectivity index (χ0n) is 10.7. The summed E-state index contributed by atoms with van der Waals surface area (Å²) in [5.41, 5.74) is 1.39. The molecule has 5 fully saturated rings. The van der Waals surface area contributed by atoms with E-state index in [1.807, 2.05) is 0 Å². The van der Waals surface area contributed by atoms with Crippen LogP contribution in [-0.2, 0) is 0 Å². The topological polar surface area (TPSA) is 20.2 Å². The maximum atomic E-state index is 9.44. The third-order valence-corrected chi connectivity index (χ3v) is 7.73. The molecule has 5 aliphatic carbocycles. The fourth-order valence-corrected chi connectivity index (χ4v) is 6.74. The van der Waals surface area contributed by atoms with Gasteiger partial charge in [-0.15, -0.1) is 0 Å². The van der Waals surface area contributed by atoms with Gasteiger partial charge in [0.05, 0.1) is 0 Å². The van der Waals surface area contributed by atoms with Gasteiger partial charge in [-0.05, 0) is 65.6 Å². The highest BCUT2D eigenvalue weighted by Crippen LogP contribution is 2.91. The summed E-state index contributed by atoms with van der Waals surface area (Å²) >= 11 is 0. The standard InChI is InChI=1S/C15H24O/c1-8(7-16)9-4-5-14(2)10-6-11-13(12(9)10)15(11,14)3/h8-13,16H,4-7H2,1-3H3/t8-,9-,10-,11+,12-,13+,14+,15+/m1/s1. The van der Waals surface area contributed by atoms with Crippen molar-refractivity contribution in [1.82, 2.24) is 0 Å². The van der Waals surface area contributed by atoms with Gasteiger partial charge < -0.3 is 5.11 Å². The molecule has 1 heteroatoms. The van der Waals surface area contributed by atoms with Crippen molar-refractivity contribution in [2.45, 2.75) is 40.0 Å². The van der Waals surface area contributed by atoms with Crippen molar-refractivity contribution in [2.75, 3.05) is 6.61 Å². The van der Waals surface area contributed by atoms with E-state index in [4.69, 9.17) is 0 Å². The molecule has 0 aliphatic heterocycles. The van der Waals surface area contributed by atoms with Crippen LogP contribution in [0.15, 0.2) is 0 Å². The number of hydrogen-bond donors (Lipinski definition) is 1. The molecule has 0 aromatic heterocycles. The zero-order chi connectivity index (χ0) is 11.3. The average molecular weight is 220 g/mol. The number of aliphatic hydroxyl groups is 1. The Morgan fingerprint density at radius 1 is 1.31 bits per heavy atom. The van der Waals surface area contributed by atoms with Crippen molar-refractivity contribution in [2.24, 2.45) is 46.3 Å². The van der Waals surface area contributed by atoms with Crippen LogP contribution in [0, 0.1) is 46.3 Å². The molecule has 1 N–H and O–H groups in total. The Bertz CT molecular complexity index is 351. The van der Waals surface area contributed by atoms with Gasteiger partial charge in [0.15, 0.2) is 0 Å². The molecule has 0 heterocycles. The molecule has 0 saturated heterocycles. The molecular weight excluding hydrogens is 196 g/mol. The molecule has 0 aromatic carbocycles. The summed E-state index contributed by atoms with van der Waals surface area (Å²) < 4.78 is 0. The molecule has 0 aromatic rings. The van der Waals surface area contributed by atoms with E-state index in [1.165, 1.54) is 19.3 Å². The van der Waals surface area contributed by atoms with Crippen LogP contribution in [-0.4, -0.2) is 11.7 Å². The molecule has 1 nitrogen and oxygen atoms in total. The van der Waals surface area contributed by atoms with Crippen LogP contribution in [0.5, 0.6) is 0 Å². The second kappa shape index (κ2) is 2.53. The van der Waals surface area contributed by atoms with E-state index in [1.54, 1.807) is 0 Å². The van der Waals surface area contributed by atoms with Crippen LogP contribution < -0.4 is 0 Å². The smallest absolute Gasteiger partial charge is 0.0459 e. The molecule has 5 rings (SSSR count). The fourth-order valence-electron chi connectivity index (χ4n) is 6.74. The molecule has 5 saturated carbocycles. The van der Waals surface area contributed by atoms with Gasteiger partial charge in [0.1, 0.15) is 0 Å². The Balaban J connectivity index is 1.73. The maximum Gasteiger partial charge on any atom is 0.0459 e. The molecular formula is C15H24O. The number of hydrogen-bond acceptors (Lipinski definition) is 1. The Labute approximate surface area is 98.6 Å². The third-order valence-electron chi connectivity index (χ3n) is 7.73. The van der Waals surface area contributed by atoms with E-state index in [2.05, 4.69) is 20.8 Å². The first-order valence-corrected chi connectivity index (χ1v) is 7.16. The lowest BCUT2D eigenvalue weighted by Gasteiger charge is -2.44. The third kappa shape index (κ3) is 0.723. The van der Waals surface area contributed by atoms with Gasteiger partial charge in [-0.1, -0.05) is 20.8 Å². The molecule has 6 bridgehead atoms. The minimum atomic E-state index is 0.401. The molecule has 0 spiro atoms. The predicted octanol–water partition coefficient (Wildman–Crippen LogP) is 2.93. The zero-order valence-corrected chi connectivity index (χ0v) is 10.7. The Hall–Kier alpha value is -0.0400. The first kappa shape index (κ1) is 9.94. The highest BCUT2D eigenvalue weighted by atomic mass is 16.3. The van der Waals surface area contributed by atoms with Crippen molar-refractivity contribution in [1.29, 1.82) is 0 Å². The quantitative estimate of drug-likeness (QED) is 0.758. The van der Waals surface area contributed by atoms with E-state index in [9.17, 15) is 5.11 Å². The van der Waals surface area contributed by atoms with E-state index in [0.29, 0.717) is 23.4 Å². The summed E-state index contributed by atoms with van der Waals surface area (Å²) in [6.45, 7) is 7.83. The maximum absolute atomic E-state index is 9.44. The first-order chi connectivity index (χ1) is 7.55. The second-order valence-corrected chi connectivity index (χ2v) is 7.61. The molecule has 0 radical (unpaired) electrons. The molecule has 90 valence electrons. The van der Waals surface area contributed by atoms with Crippen LogP contribution in [0.1, 0.15) is 40.0 Å². The summed E-state index contributed by atoms with van der Waals surface area (Å²) in [4.78, 5) is 0. The van der Waals surface area contributed by atoms with Crippen LogP contribution in [0.4, 0.5) is 0 Å². The van der Waals surface area contributed by atoms with E-state index < -0.39 is 0 Å². The Morgan fingerprint density at radius 2 is 2.06 bits per heavy atom. The summed E-state index contributed by atoms with van der Waals surface area (Å²) in [5.74, 6) is 5.49. The van der Waals surface area contributed by atoms with Crippen molar-refractivity contribution in [3.05, 3.63) is 0 Å². The SMILES string of the molecule is C[C@H](CO)[C@H]1CC[C@@]2(C)[C@@H]3C[C@H]4[C@@H]([C@H]13)[C@]42C. The molecule has 5 aliphatic rings. The van der Waals surface area contributed by atoms with Gasteiger partial charge in [0.2, 0.25) is 0 Å². The van der Waals surface area contributed by atoms with Crippen molar-refractivity contribution in [3.8, 4) is 0 Å². The van der Waals surface area contributed by atoms with Gasteiger partial charge in [-0.25, -0.2) is 0 Å². The van der Waals surface area contributed by atoms with Gasteiger partial charge in [-0.3, -0.25) is 0 Å². The van der Waals surface area contributed by atoms with Crippen molar-refractivity contribution >= 4 is 0 Å². The molecule has 8 atom stereocenters. The van der Waals surface area contributed by atoms with Crippen LogP contribution in [0.3, 0.4) is 0 Å². The minimum Gasteiger partial charge on any atom is -0.396 e. The molecule has 16 heavy (non-hydrogen) atoms. The van der Waals surface area contributed by atoms with Crippen LogP contribution in [0.25, 0.3) is 0 Å². The van der Waals surface area contributed by atoms with Gasteiger partial charge in [0, 0.05) is 6.61 Å². The lowest BCUT2D eigenvalue weighted by atomic mass is 9.61.